The highest BCUT2D eigenvalue weighted by Gasteiger charge is 2.06. The predicted molar refractivity (Wildman–Crippen MR) is 80.6 cm³/mol. The maximum absolute atomic E-state index is 11.2. The second kappa shape index (κ2) is 10.6. The summed E-state index contributed by atoms with van der Waals surface area (Å²) in [6.45, 7) is 8.94. The van der Waals surface area contributed by atoms with Crippen molar-refractivity contribution in [3.63, 3.8) is 0 Å². The minimum Gasteiger partial charge on any atom is -0.355 e. The van der Waals surface area contributed by atoms with E-state index in [1.807, 2.05) is 27.7 Å². The third kappa shape index (κ3) is 9.65. The zero-order valence-electron chi connectivity index (χ0n) is 11.6. The number of hydrogen-bond acceptors (Lipinski definition) is 4. The fourth-order valence-corrected chi connectivity index (χ4v) is 2.77. The summed E-state index contributed by atoms with van der Waals surface area (Å²) in [5.41, 5.74) is 0. The average molecular weight is 292 g/mol. The van der Waals surface area contributed by atoms with Crippen LogP contribution >= 0.6 is 21.6 Å². The van der Waals surface area contributed by atoms with Crippen LogP contribution in [0.4, 0.5) is 0 Å². The summed E-state index contributed by atoms with van der Waals surface area (Å²) in [4.78, 5) is 22.5. The van der Waals surface area contributed by atoms with Crippen LogP contribution in [-0.4, -0.2) is 36.4 Å². The molecular weight excluding hydrogens is 268 g/mol. The second-order valence-corrected chi connectivity index (χ2v) is 7.24. The Kier molecular flexibility index (Phi) is 10.3. The van der Waals surface area contributed by atoms with Gasteiger partial charge in [-0.3, -0.25) is 9.59 Å². The van der Waals surface area contributed by atoms with Crippen LogP contribution in [-0.2, 0) is 9.59 Å². The number of carbonyl (C=O) groups excluding carboxylic acids is 2. The minimum absolute atomic E-state index is 0.0499. The highest BCUT2D eigenvalue weighted by Crippen LogP contribution is 2.19. The summed E-state index contributed by atoms with van der Waals surface area (Å²) in [7, 11) is 3.44. The molecule has 18 heavy (non-hydrogen) atoms. The quantitative estimate of drug-likeness (QED) is 0.503. The Morgan fingerprint density at radius 1 is 0.833 bits per heavy atom. The third-order valence-corrected chi connectivity index (χ3v) is 4.51. The molecule has 0 aromatic rings. The van der Waals surface area contributed by atoms with Gasteiger partial charge in [-0.2, -0.15) is 0 Å². The second-order valence-electron chi connectivity index (χ2n) is 4.54. The Morgan fingerprint density at radius 2 is 1.17 bits per heavy atom. The molecule has 0 spiro atoms. The van der Waals surface area contributed by atoms with E-state index < -0.39 is 0 Å². The van der Waals surface area contributed by atoms with Crippen LogP contribution in [0, 0.1) is 11.8 Å². The first-order valence-corrected chi connectivity index (χ1v) is 8.73. The highest BCUT2D eigenvalue weighted by molar-refractivity contribution is 8.76. The van der Waals surface area contributed by atoms with Crippen molar-refractivity contribution in [1.29, 1.82) is 0 Å². The van der Waals surface area contributed by atoms with E-state index in [0.717, 1.165) is 11.5 Å². The zero-order valence-corrected chi connectivity index (χ0v) is 13.2. The summed E-state index contributed by atoms with van der Waals surface area (Å²) >= 11 is 0. The monoisotopic (exact) mass is 292 g/mol. The normalized spacial score (nSPS) is 10.8. The Hall–Kier alpha value is -0.360. The van der Waals surface area contributed by atoms with Crippen LogP contribution in [0.3, 0.4) is 0 Å². The lowest BCUT2D eigenvalue weighted by atomic mass is 10.2. The first-order valence-electron chi connectivity index (χ1n) is 6.25. The van der Waals surface area contributed by atoms with Crippen molar-refractivity contribution in [2.45, 2.75) is 27.7 Å². The summed E-state index contributed by atoms with van der Waals surface area (Å²) in [6, 6.07) is 0. The molecule has 0 unspecified atom stereocenters. The number of nitrogens with one attached hydrogen (secondary N) is 2. The van der Waals surface area contributed by atoms with Gasteiger partial charge in [-0.05, 0) is 0 Å². The minimum atomic E-state index is 0.0499. The molecule has 2 amide bonds. The summed E-state index contributed by atoms with van der Waals surface area (Å²) in [6.07, 6.45) is 0. The maximum atomic E-state index is 11.2. The van der Waals surface area contributed by atoms with Crippen molar-refractivity contribution in [3.8, 4) is 0 Å². The van der Waals surface area contributed by atoms with E-state index in [0.29, 0.717) is 13.1 Å². The molecule has 0 saturated heterocycles. The molecule has 0 rings (SSSR count). The first-order chi connectivity index (χ1) is 8.45. The van der Waals surface area contributed by atoms with Crippen molar-refractivity contribution < 1.29 is 9.59 Å². The lowest BCUT2D eigenvalue weighted by Gasteiger charge is -2.08. The van der Waals surface area contributed by atoms with Gasteiger partial charge in [0.2, 0.25) is 11.8 Å². The average Bonchev–Trinajstić information content (AvgIpc) is 2.31. The van der Waals surface area contributed by atoms with E-state index in [1.54, 1.807) is 21.6 Å². The lowest BCUT2D eigenvalue weighted by Crippen LogP contribution is -2.30. The molecule has 4 nitrogen and oxygen atoms in total. The van der Waals surface area contributed by atoms with Crippen molar-refractivity contribution >= 4 is 33.4 Å². The zero-order chi connectivity index (χ0) is 14.0. The van der Waals surface area contributed by atoms with Gasteiger partial charge in [0.15, 0.2) is 0 Å². The molecule has 6 heteroatoms. The Bertz CT molecular complexity index is 232. The fourth-order valence-electron chi connectivity index (χ4n) is 0.958. The molecule has 0 atom stereocenters. The van der Waals surface area contributed by atoms with Crippen molar-refractivity contribution in [1.82, 2.24) is 10.6 Å². The smallest absolute Gasteiger partial charge is 0.222 e. The molecule has 0 fully saturated rings. The Balaban J connectivity index is 3.27. The molecular formula is C12H24N2O2S2. The van der Waals surface area contributed by atoms with Crippen LogP contribution in [0.15, 0.2) is 0 Å². The SMILES string of the molecule is CC(C)C(=O)NCCSSCCNC(=O)C(C)C. The van der Waals surface area contributed by atoms with Gasteiger partial charge < -0.3 is 10.6 Å². The molecule has 0 saturated carbocycles. The maximum Gasteiger partial charge on any atom is 0.222 e. The van der Waals surface area contributed by atoms with E-state index in [4.69, 9.17) is 0 Å². The molecule has 0 aliphatic heterocycles. The topological polar surface area (TPSA) is 58.2 Å². The van der Waals surface area contributed by atoms with Gasteiger partial charge in [-0.25, -0.2) is 0 Å². The lowest BCUT2D eigenvalue weighted by molar-refractivity contribution is -0.124. The van der Waals surface area contributed by atoms with Crippen LogP contribution in [0.2, 0.25) is 0 Å². The van der Waals surface area contributed by atoms with Crippen LogP contribution in [0.25, 0.3) is 0 Å². The van der Waals surface area contributed by atoms with Gasteiger partial charge >= 0.3 is 0 Å². The Labute approximate surface area is 118 Å². The molecule has 0 aliphatic rings. The molecule has 106 valence electrons. The van der Waals surface area contributed by atoms with E-state index in [1.165, 1.54) is 0 Å². The van der Waals surface area contributed by atoms with E-state index >= 15 is 0 Å². The number of carbonyl (C=O) groups is 2. The van der Waals surface area contributed by atoms with Gasteiger partial charge in [-0.1, -0.05) is 49.3 Å². The standard InChI is InChI=1S/C12H24N2O2S2/c1-9(2)11(15)13-5-7-17-18-8-6-14-12(16)10(3)4/h9-10H,5-8H2,1-4H3,(H,13,15)(H,14,16). The summed E-state index contributed by atoms with van der Waals surface area (Å²) < 4.78 is 0. The van der Waals surface area contributed by atoms with Gasteiger partial charge in [0.1, 0.15) is 0 Å². The molecule has 0 heterocycles. The summed E-state index contributed by atoms with van der Waals surface area (Å²) in [5.74, 6) is 2.08. The van der Waals surface area contributed by atoms with E-state index in [9.17, 15) is 9.59 Å². The fraction of sp³-hybridized carbons (Fsp3) is 0.833. The van der Waals surface area contributed by atoms with Crippen molar-refractivity contribution in [2.24, 2.45) is 11.8 Å². The summed E-state index contributed by atoms with van der Waals surface area (Å²) in [5, 5.41) is 5.73. The molecule has 0 bridgehead atoms. The molecule has 2 N–H and O–H groups in total. The third-order valence-electron chi connectivity index (χ3n) is 2.10. The number of amides is 2. The van der Waals surface area contributed by atoms with Gasteiger partial charge in [0.25, 0.3) is 0 Å². The predicted octanol–water partition coefficient (Wildman–Crippen LogP) is 1.91. The van der Waals surface area contributed by atoms with Crippen LogP contribution < -0.4 is 10.6 Å². The molecule has 0 aliphatic carbocycles. The first kappa shape index (κ1) is 17.6. The molecule has 0 aromatic carbocycles. The number of hydrogen-bond donors (Lipinski definition) is 2. The van der Waals surface area contributed by atoms with Gasteiger partial charge in [-0.15, -0.1) is 0 Å². The van der Waals surface area contributed by atoms with Crippen molar-refractivity contribution in [2.75, 3.05) is 24.6 Å². The van der Waals surface area contributed by atoms with E-state index in [-0.39, 0.29) is 23.7 Å². The number of rotatable bonds is 9. The van der Waals surface area contributed by atoms with Crippen LogP contribution in [0.1, 0.15) is 27.7 Å². The van der Waals surface area contributed by atoms with Crippen molar-refractivity contribution in [3.05, 3.63) is 0 Å². The molecule has 0 radical (unpaired) electrons. The largest absolute Gasteiger partial charge is 0.355 e. The Morgan fingerprint density at radius 3 is 1.44 bits per heavy atom. The molecule has 0 aromatic heterocycles. The van der Waals surface area contributed by atoms with Gasteiger partial charge in [0, 0.05) is 36.4 Å². The van der Waals surface area contributed by atoms with E-state index in [2.05, 4.69) is 10.6 Å². The van der Waals surface area contributed by atoms with Crippen LogP contribution in [0.5, 0.6) is 0 Å². The van der Waals surface area contributed by atoms with Gasteiger partial charge in [0.05, 0.1) is 0 Å². The highest BCUT2D eigenvalue weighted by atomic mass is 33.1.